The fourth-order valence-electron chi connectivity index (χ4n) is 2.66. The number of fused-ring (bicyclic) bond motifs is 1. The van der Waals surface area contributed by atoms with Crippen LogP contribution in [0.15, 0.2) is 54.6 Å². The lowest BCUT2D eigenvalue weighted by Crippen LogP contribution is -2.47. The van der Waals surface area contributed by atoms with Crippen LogP contribution >= 0.6 is 0 Å². The maximum Gasteiger partial charge on any atom is 0.346 e. The second-order valence-corrected chi connectivity index (χ2v) is 5.68. The van der Waals surface area contributed by atoms with Crippen molar-refractivity contribution in [3.63, 3.8) is 0 Å². The van der Waals surface area contributed by atoms with Gasteiger partial charge in [0.05, 0.1) is 18.8 Å². The van der Waals surface area contributed by atoms with Crippen molar-refractivity contribution in [1.82, 2.24) is 0 Å². The number of carboxylic acid groups (broad SMARTS) is 1. The molecule has 0 aromatic heterocycles. The van der Waals surface area contributed by atoms with Gasteiger partial charge in [0.1, 0.15) is 11.5 Å². The molecule has 6 nitrogen and oxygen atoms in total. The summed E-state index contributed by atoms with van der Waals surface area (Å²) in [5.41, 5.74) is 0.606. The van der Waals surface area contributed by atoms with Gasteiger partial charge in [-0.2, -0.15) is 0 Å². The van der Waals surface area contributed by atoms with Gasteiger partial charge in [0.15, 0.2) is 0 Å². The van der Waals surface area contributed by atoms with Gasteiger partial charge in [-0.3, -0.25) is 4.79 Å². The van der Waals surface area contributed by atoms with E-state index in [0.717, 1.165) is 5.75 Å². The number of carboxylic acids is 1. The minimum Gasteiger partial charge on any atom is -0.494 e. The third-order valence-corrected chi connectivity index (χ3v) is 3.90. The normalized spacial score (nSPS) is 15.8. The number of nitrogens with zero attached hydrogens (tertiary/aromatic N) is 1. The lowest BCUT2D eigenvalue weighted by molar-refractivity contribution is -0.145. The number of amides is 1. The van der Waals surface area contributed by atoms with Crippen LogP contribution in [0.2, 0.25) is 0 Å². The molecule has 0 radical (unpaired) electrons. The molecule has 0 fully saturated rings. The number of carbonyl (C=O) groups excluding carboxylic acids is 1. The van der Waals surface area contributed by atoms with E-state index in [4.69, 9.17) is 9.47 Å². The van der Waals surface area contributed by atoms with E-state index in [9.17, 15) is 14.7 Å². The first kappa shape index (κ1) is 16.8. The minimum absolute atomic E-state index is 0.00468. The topological polar surface area (TPSA) is 76.1 Å². The minimum atomic E-state index is -1.08. The van der Waals surface area contributed by atoms with Crippen LogP contribution in [0.1, 0.15) is 12.8 Å². The standard InChI is InChI=1S/C19H19NO5/c21-18(11-6-12-24-14-7-2-1-3-8-14)20-13-17(19(22)23)25-16-10-5-4-9-15(16)20/h1-5,7-10,17H,6,11-13H2,(H,22,23). The molecule has 25 heavy (non-hydrogen) atoms. The SMILES string of the molecule is O=C(O)C1CN(C(=O)CCCOc2ccccc2)c2ccccc2O1. The summed E-state index contributed by atoms with van der Waals surface area (Å²) in [7, 11) is 0. The van der Waals surface area contributed by atoms with Crippen LogP contribution < -0.4 is 14.4 Å². The van der Waals surface area contributed by atoms with Gasteiger partial charge >= 0.3 is 5.97 Å². The van der Waals surface area contributed by atoms with Crippen LogP contribution in [-0.4, -0.2) is 36.2 Å². The van der Waals surface area contributed by atoms with Gasteiger partial charge in [0, 0.05) is 6.42 Å². The number of ether oxygens (including phenoxy) is 2. The molecule has 1 aliphatic rings. The molecule has 1 atom stereocenters. The summed E-state index contributed by atoms with van der Waals surface area (Å²) in [6, 6.07) is 16.4. The van der Waals surface area contributed by atoms with Crippen LogP contribution in [0, 0.1) is 0 Å². The van der Waals surface area contributed by atoms with Crippen molar-refractivity contribution in [2.24, 2.45) is 0 Å². The van der Waals surface area contributed by atoms with E-state index >= 15 is 0 Å². The molecule has 2 aromatic carbocycles. The van der Waals surface area contributed by atoms with Crippen molar-refractivity contribution >= 4 is 17.6 Å². The summed E-state index contributed by atoms with van der Waals surface area (Å²) >= 11 is 0. The maximum atomic E-state index is 12.6. The van der Waals surface area contributed by atoms with Gasteiger partial charge in [-0.15, -0.1) is 0 Å². The number of hydrogen-bond donors (Lipinski definition) is 1. The Bertz CT molecular complexity index is 746. The van der Waals surface area contributed by atoms with Gasteiger partial charge in [0.2, 0.25) is 12.0 Å². The van der Waals surface area contributed by atoms with Gasteiger partial charge in [-0.1, -0.05) is 30.3 Å². The van der Waals surface area contributed by atoms with Crippen molar-refractivity contribution in [2.75, 3.05) is 18.1 Å². The third kappa shape index (κ3) is 4.09. The predicted octanol–water partition coefficient (Wildman–Crippen LogP) is 2.72. The molecular weight excluding hydrogens is 322 g/mol. The van der Waals surface area contributed by atoms with Crippen LogP contribution in [-0.2, 0) is 9.59 Å². The molecule has 0 bridgehead atoms. The Morgan fingerprint density at radius 3 is 2.60 bits per heavy atom. The fourth-order valence-corrected chi connectivity index (χ4v) is 2.66. The van der Waals surface area contributed by atoms with Crippen LogP contribution in [0.3, 0.4) is 0 Å². The number of hydrogen-bond acceptors (Lipinski definition) is 4. The Balaban J connectivity index is 1.60. The van der Waals surface area contributed by atoms with Gasteiger partial charge in [-0.05, 0) is 30.7 Å². The summed E-state index contributed by atoms with van der Waals surface area (Å²) in [4.78, 5) is 25.3. The van der Waals surface area contributed by atoms with Gasteiger partial charge < -0.3 is 19.5 Å². The first-order chi connectivity index (χ1) is 12.1. The highest BCUT2D eigenvalue weighted by Gasteiger charge is 2.33. The number of rotatable bonds is 6. The van der Waals surface area contributed by atoms with Crippen molar-refractivity contribution in [2.45, 2.75) is 18.9 Å². The number of anilines is 1. The lowest BCUT2D eigenvalue weighted by Gasteiger charge is -2.33. The van der Waals surface area contributed by atoms with Crippen LogP contribution in [0.4, 0.5) is 5.69 Å². The Kier molecular flexibility index (Phi) is 5.18. The number of benzene rings is 2. The molecule has 6 heteroatoms. The van der Waals surface area contributed by atoms with Crippen LogP contribution in [0.25, 0.3) is 0 Å². The molecule has 2 aromatic rings. The van der Waals surface area contributed by atoms with E-state index in [1.807, 2.05) is 30.3 Å². The molecule has 1 N–H and O–H groups in total. The molecule has 3 rings (SSSR count). The molecule has 1 unspecified atom stereocenters. The summed E-state index contributed by atoms with van der Waals surface area (Å²) in [6.07, 6.45) is -0.238. The molecule has 0 saturated heterocycles. The number of carbonyl (C=O) groups is 2. The predicted molar refractivity (Wildman–Crippen MR) is 92.0 cm³/mol. The summed E-state index contributed by atoms with van der Waals surface area (Å²) in [5, 5.41) is 9.22. The van der Waals surface area contributed by atoms with Crippen molar-refractivity contribution in [3.05, 3.63) is 54.6 Å². The second kappa shape index (κ2) is 7.70. The van der Waals surface area contributed by atoms with E-state index in [2.05, 4.69) is 0 Å². The summed E-state index contributed by atoms with van der Waals surface area (Å²) in [5.74, 6) is -0.0500. The third-order valence-electron chi connectivity index (χ3n) is 3.90. The summed E-state index contributed by atoms with van der Waals surface area (Å²) < 4.78 is 11.0. The lowest BCUT2D eigenvalue weighted by atomic mass is 10.1. The monoisotopic (exact) mass is 341 g/mol. The highest BCUT2D eigenvalue weighted by Crippen LogP contribution is 2.33. The van der Waals surface area contributed by atoms with E-state index in [0.29, 0.717) is 24.5 Å². The molecule has 0 aliphatic carbocycles. The molecule has 0 saturated carbocycles. The second-order valence-electron chi connectivity index (χ2n) is 5.68. The van der Waals surface area contributed by atoms with Crippen molar-refractivity contribution < 1.29 is 24.2 Å². The highest BCUT2D eigenvalue weighted by molar-refractivity contribution is 5.96. The zero-order chi connectivity index (χ0) is 17.6. The molecule has 0 spiro atoms. The van der Waals surface area contributed by atoms with Gasteiger partial charge in [-0.25, -0.2) is 4.79 Å². The van der Waals surface area contributed by atoms with Crippen molar-refractivity contribution in [3.8, 4) is 11.5 Å². The zero-order valence-electron chi connectivity index (χ0n) is 13.6. The van der Waals surface area contributed by atoms with Crippen molar-refractivity contribution in [1.29, 1.82) is 0 Å². The van der Waals surface area contributed by atoms with Gasteiger partial charge in [0.25, 0.3) is 0 Å². The largest absolute Gasteiger partial charge is 0.494 e. The highest BCUT2D eigenvalue weighted by atomic mass is 16.5. The van der Waals surface area contributed by atoms with E-state index in [-0.39, 0.29) is 18.9 Å². The zero-order valence-corrected chi connectivity index (χ0v) is 13.6. The fraction of sp³-hybridized carbons (Fsp3) is 0.263. The first-order valence-corrected chi connectivity index (χ1v) is 8.12. The smallest absolute Gasteiger partial charge is 0.346 e. The average molecular weight is 341 g/mol. The maximum absolute atomic E-state index is 12.6. The summed E-state index contributed by atoms with van der Waals surface area (Å²) in [6.45, 7) is 0.425. The number of para-hydroxylation sites is 3. The van der Waals surface area contributed by atoms with Crippen LogP contribution in [0.5, 0.6) is 11.5 Å². The quantitative estimate of drug-likeness (QED) is 0.818. The molecule has 1 aliphatic heterocycles. The Morgan fingerprint density at radius 2 is 1.84 bits per heavy atom. The Morgan fingerprint density at radius 1 is 1.12 bits per heavy atom. The molecule has 1 heterocycles. The number of aliphatic carboxylic acids is 1. The average Bonchev–Trinajstić information content (AvgIpc) is 2.65. The molecule has 130 valence electrons. The molecule has 1 amide bonds. The van der Waals surface area contributed by atoms with E-state index in [1.165, 1.54) is 4.90 Å². The Hall–Kier alpha value is -3.02. The van der Waals surface area contributed by atoms with E-state index < -0.39 is 12.1 Å². The Labute approximate surface area is 145 Å². The van der Waals surface area contributed by atoms with E-state index in [1.54, 1.807) is 24.3 Å². The first-order valence-electron chi connectivity index (χ1n) is 8.12. The molecular formula is C19H19NO5.